The molecular weight excluding hydrogens is 440 g/mol. The molecule has 1 atom stereocenters. The van der Waals surface area contributed by atoms with Crippen molar-refractivity contribution < 1.29 is 17.9 Å². The van der Waals surface area contributed by atoms with Crippen LogP contribution in [0.2, 0.25) is 0 Å². The molecule has 2 heterocycles. The first kappa shape index (κ1) is 22.9. The first-order valence-electron chi connectivity index (χ1n) is 10.5. The fraction of sp³-hybridized carbons (Fsp3) is 0.292. The number of sulfonamides is 1. The van der Waals surface area contributed by atoms with Crippen molar-refractivity contribution in [2.24, 2.45) is 7.05 Å². The fourth-order valence-corrected chi connectivity index (χ4v) is 5.85. The molecule has 0 saturated heterocycles. The average molecular weight is 469 g/mol. The molecule has 2 aromatic carbocycles. The third-order valence-electron chi connectivity index (χ3n) is 5.99. The lowest BCUT2D eigenvalue weighted by atomic mass is 9.90. The number of benzene rings is 2. The molecule has 0 radical (unpaired) electrons. The van der Waals surface area contributed by atoms with Gasteiger partial charge in [-0.25, -0.2) is 13.1 Å². The summed E-state index contributed by atoms with van der Waals surface area (Å²) in [5, 5.41) is 5.27. The van der Waals surface area contributed by atoms with E-state index in [0.717, 1.165) is 22.0 Å². The standard InChI is InChI=1S/C24H28N4O4S/c1-15-24(16(2)28(3)27-15)33(29,30)26-14-20(18-10-8-12-22(31-4)23(18)32-5)19-13-25-21-11-7-6-9-17(19)21/h6-13,20,25-26H,14H2,1-5H3. The van der Waals surface area contributed by atoms with Gasteiger partial charge in [0, 0.05) is 42.2 Å². The minimum Gasteiger partial charge on any atom is -0.493 e. The Morgan fingerprint density at radius 1 is 1.06 bits per heavy atom. The molecule has 9 heteroatoms. The molecule has 0 aliphatic rings. The van der Waals surface area contributed by atoms with Crippen LogP contribution in [0.25, 0.3) is 10.9 Å². The number of ether oxygens (including phenoxy) is 2. The predicted octanol–water partition coefficient (Wildman–Crippen LogP) is 3.65. The first-order chi connectivity index (χ1) is 15.8. The van der Waals surface area contributed by atoms with E-state index in [1.54, 1.807) is 39.8 Å². The molecule has 4 aromatic rings. The summed E-state index contributed by atoms with van der Waals surface area (Å²) in [6, 6.07) is 13.6. The Balaban J connectivity index is 1.81. The molecule has 0 bridgehead atoms. The highest BCUT2D eigenvalue weighted by molar-refractivity contribution is 7.89. The Morgan fingerprint density at radius 3 is 2.48 bits per heavy atom. The van der Waals surface area contributed by atoms with Crippen molar-refractivity contribution in [1.82, 2.24) is 19.5 Å². The molecule has 2 aromatic heterocycles. The largest absolute Gasteiger partial charge is 0.493 e. The number of hydrogen-bond donors (Lipinski definition) is 2. The van der Waals surface area contributed by atoms with Gasteiger partial charge in [-0.2, -0.15) is 5.10 Å². The summed E-state index contributed by atoms with van der Waals surface area (Å²) in [5.74, 6) is 0.822. The molecule has 0 amide bonds. The lowest BCUT2D eigenvalue weighted by molar-refractivity contribution is 0.350. The highest BCUT2D eigenvalue weighted by atomic mass is 32.2. The molecule has 1 unspecified atom stereocenters. The Kier molecular flexibility index (Phi) is 6.18. The maximum Gasteiger partial charge on any atom is 0.244 e. The number of nitrogens with one attached hydrogen (secondary N) is 2. The topological polar surface area (TPSA) is 98.2 Å². The number of aromatic amines is 1. The second-order valence-electron chi connectivity index (χ2n) is 7.90. The number of para-hydroxylation sites is 2. The Bertz CT molecular complexity index is 1410. The van der Waals surface area contributed by atoms with E-state index in [1.165, 1.54) is 0 Å². The second kappa shape index (κ2) is 8.92. The molecule has 0 fully saturated rings. The average Bonchev–Trinajstić information content (AvgIpc) is 3.33. The zero-order valence-corrected chi connectivity index (χ0v) is 20.2. The van der Waals surface area contributed by atoms with Gasteiger partial charge in [-0.05, 0) is 31.5 Å². The van der Waals surface area contributed by atoms with Crippen LogP contribution < -0.4 is 14.2 Å². The number of rotatable bonds is 8. The highest BCUT2D eigenvalue weighted by Gasteiger charge is 2.28. The summed E-state index contributed by atoms with van der Waals surface area (Å²) in [6.45, 7) is 3.57. The van der Waals surface area contributed by atoms with Gasteiger partial charge in [0.25, 0.3) is 0 Å². The van der Waals surface area contributed by atoms with Gasteiger partial charge in [-0.1, -0.05) is 30.3 Å². The van der Waals surface area contributed by atoms with Gasteiger partial charge >= 0.3 is 0 Å². The lowest BCUT2D eigenvalue weighted by Crippen LogP contribution is -2.30. The summed E-state index contributed by atoms with van der Waals surface area (Å²) < 4.78 is 42.2. The summed E-state index contributed by atoms with van der Waals surface area (Å²) in [6.07, 6.45) is 1.92. The summed E-state index contributed by atoms with van der Waals surface area (Å²) in [7, 11) is 1.10. The summed E-state index contributed by atoms with van der Waals surface area (Å²) in [5.41, 5.74) is 3.80. The van der Waals surface area contributed by atoms with Gasteiger partial charge in [0.15, 0.2) is 11.5 Å². The third-order valence-corrected chi connectivity index (χ3v) is 7.67. The van der Waals surface area contributed by atoms with E-state index < -0.39 is 10.0 Å². The molecule has 33 heavy (non-hydrogen) atoms. The quantitative estimate of drug-likeness (QED) is 0.411. The summed E-state index contributed by atoms with van der Waals surface area (Å²) >= 11 is 0. The maximum atomic E-state index is 13.3. The molecule has 0 saturated carbocycles. The monoisotopic (exact) mass is 468 g/mol. The van der Waals surface area contributed by atoms with E-state index in [-0.39, 0.29) is 17.4 Å². The van der Waals surface area contributed by atoms with Crippen LogP contribution >= 0.6 is 0 Å². The molecule has 0 spiro atoms. The summed E-state index contributed by atoms with van der Waals surface area (Å²) in [4.78, 5) is 3.50. The van der Waals surface area contributed by atoms with E-state index in [1.807, 2.05) is 48.7 Å². The first-order valence-corrected chi connectivity index (χ1v) is 12.0. The van der Waals surface area contributed by atoms with Crippen LogP contribution in [0.5, 0.6) is 11.5 Å². The number of nitrogens with zero attached hydrogens (tertiary/aromatic N) is 2. The zero-order chi connectivity index (χ0) is 23.8. The number of hydrogen-bond acceptors (Lipinski definition) is 5. The highest BCUT2D eigenvalue weighted by Crippen LogP contribution is 2.40. The predicted molar refractivity (Wildman–Crippen MR) is 128 cm³/mol. The van der Waals surface area contributed by atoms with Crippen LogP contribution in [-0.4, -0.2) is 43.9 Å². The van der Waals surface area contributed by atoms with Crippen LogP contribution in [0.15, 0.2) is 53.6 Å². The van der Waals surface area contributed by atoms with Crippen molar-refractivity contribution in [2.45, 2.75) is 24.7 Å². The number of H-pyrrole nitrogens is 1. The van der Waals surface area contributed by atoms with Crippen LogP contribution in [0.1, 0.15) is 28.4 Å². The van der Waals surface area contributed by atoms with E-state index in [9.17, 15) is 8.42 Å². The van der Waals surface area contributed by atoms with E-state index in [2.05, 4.69) is 14.8 Å². The Hall–Kier alpha value is -3.30. The number of aromatic nitrogens is 3. The van der Waals surface area contributed by atoms with Crippen molar-refractivity contribution in [3.8, 4) is 11.5 Å². The van der Waals surface area contributed by atoms with Gasteiger partial charge in [0.05, 0.1) is 25.6 Å². The second-order valence-corrected chi connectivity index (χ2v) is 9.60. The smallest absolute Gasteiger partial charge is 0.244 e. The number of aryl methyl sites for hydroxylation is 2. The van der Waals surface area contributed by atoms with Crippen molar-refractivity contribution in [1.29, 1.82) is 0 Å². The van der Waals surface area contributed by atoms with Crippen molar-refractivity contribution in [3.05, 3.63) is 71.2 Å². The number of methoxy groups -OCH3 is 2. The normalized spacial score (nSPS) is 12.8. The third kappa shape index (κ3) is 4.09. The molecule has 0 aliphatic heterocycles. The number of fused-ring (bicyclic) bond motifs is 1. The van der Waals surface area contributed by atoms with Gasteiger partial charge in [0.2, 0.25) is 10.0 Å². The van der Waals surface area contributed by atoms with E-state index >= 15 is 0 Å². The molecular formula is C24H28N4O4S. The lowest BCUT2D eigenvalue weighted by Gasteiger charge is -2.22. The van der Waals surface area contributed by atoms with Crippen LogP contribution in [0.4, 0.5) is 0 Å². The van der Waals surface area contributed by atoms with Crippen molar-refractivity contribution in [3.63, 3.8) is 0 Å². The molecule has 4 rings (SSSR count). The Labute approximate surface area is 193 Å². The van der Waals surface area contributed by atoms with Gasteiger partial charge < -0.3 is 14.5 Å². The molecule has 0 aliphatic carbocycles. The van der Waals surface area contributed by atoms with E-state index in [0.29, 0.717) is 22.9 Å². The van der Waals surface area contributed by atoms with Crippen LogP contribution in [0, 0.1) is 13.8 Å². The van der Waals surface area contributed by atoms with Gasteiger partial charge in [-0.3, -0.25) is 4.68 Å². The van der Waals surface area contributed by atoms with Gasteiger partial charge in [-0.15, -0.1) is 0 Å². The van der Waals surface area contributed by atoms with Gasteiger partial charge in [0.1, 0.15) is 4.90 Å². The SMILES string of the molecule is COc1cccc(C(CNS(=O)(=O)c2c(C)nn(C)c2C)c2c[nH]c3ccccc23)c1OC. The molecule has 174 valence electrons. The van der Waals surface area contributed by atoms with Crippen LogP contribution in [-0.2, 0) is 17.1 Å². The minimum atomic E-state index is -3.80. The van der Waals surface area contributed by atoms with Crippen molar-refractivity contribution >= 4 is 20.9 Å². The molecule has 8 nitrogen and oxygen atoms in total. The fourth-order valence-electron chi connectivity index (χ4n) is 4.36. The minimum absolute atomic E-state index is 0.126. The zero-order valence-electron chi connectivity index (χ0n) is 19.3. The van der Waals surface area contributed by atoms with E-state index in [4.69, 9.17) is 9.47 Å². The maximum absolute atomic E-state index is 13.3. The Morgan fingerprint density at radius 2 is 1.82 bits per heavy atom. The van der Waals surface area contributed by atoms with Crippen LogP contribution in [0.3, 0.4) is 0 Å². The van der Waals surface area contributed by atoms with Crippen molar-refractivity contribution in [2.75, 3.05) is 20.8 Å². The molecule has 2 N–H and O–H groups in total.